The van der Waals surface area contributed by atoms with Crippen LogP contribution in [0.2, 0.25) is 0 Å². The number of esters is 2. The van der Waals surface area contributed by atoms with Crippen LogP contribution in [0.25, 0.3) is 0 Å². The van der Waals surface area contributed by atoms with Crippen molar-refractivity contribution in [1.82, 2.24) is 0 Å². The predicted molar refractivity (Wildman–Crippen MR) is 54.2 cm³/mol. The van der Waals surface area contributed by atoms with Gasteiger partial charge in [0.25, 0.3) is 0 Å². The molecule has 16 heavy (non-hydrogen) atoms. The molecule has 4 nitrogen and oxygen atoms in total. The number of hydrogen-bond donors (Lipinski definition) is 1. The Morgan fingerprint density at radius 3 is 2.50 bits per heavy atom. The average Bonchev–Trinajstić information content (AvgIpc) is 2.58. The van der Waals surface area contributed by atoms with Crippen LogP contribution >= 0.6 is 0 Å². The van der Waals surface area contributed by atoms with Gasteiger partial charge in [-0.15, -0.1) is 0 Å². The summed E-state index contributed by atoms with van der Waals surface area (Å²) in [6.45, 7) is 6.00. The van der Waals surface area contributed by atoms with E-state index in [0.29, 0.717) is 0 Å². The Bertz CT molecular complexity index is 413. The largest absolute Gasteiger partial charge is 0.391 e. The van der Waals surface area contributed by atoms with Gasteiger partial charge in [-0.3, -0.25) is 4.79 Å². The maximum Gasteiger partial charge on any atom is 0.347 e. The summed E-state index contributed by atoms with van der Waals surface area (Å²) in [5.74, 6) is -1.86. The molecule has 4 heteroatoms. The summed E-state index contributed by atoms with van der Waals surface area (Å²) in [5, 5.41) is 10.7. The predicted octanol–water partition coefficient (Wildman–Crippen LogP) is 0.873. The SMILES string of the molecule is CC1(C)C2CCC1(C)C1(O)C(=O)OC(=O)C21. The van der Waals surface area contributed by atoms with Crippen LogP contribution in [0.4, 0.5) is 0 Å². The van der Waals surface area contributed by atoms with E-state index in [0.717, 1.165) is 12.8 Å². The summed E-state index contributed by atoms with van der Waals surface area (Å²) in [6, 6.07) is 0. The molecule has 0 aromatic heterocycles. The molecule has 3 aliphatic rings. The van der Waals surface area contributed by atoms with E-state index in [4.69, 9.17) is 0 Å². The second kappa shape index (κ2) is 2.35. The highest BCUT2D eigenvalue weighted by Crippen LogP contribution is 2.73. The van der Waals surface area contributed by atoms with Gasteiger partial charge >= 0.3 is 11.9 Å². The van der Waals surface area contributed by atoms with Crippen LogP contribution in [0.5, 0.6) is 0 Å². The lowest BCUT2D eigenvalue weighted by Gasteiger charge is -2.41. The molecular weight excluding hydrogens is 208 g/mol. The Morgan fingerprint density at radius 2 is 1.94 bits per heavy atom. The lowest BCUT2D eigenvalue weighted by atomic mass is 9.63. The van der Waals surface area contributed by atoms with Crippen molar-refractivity contribution in [3.8, 4) is 0 Å². The molecule has 4 atom stereocenters. The van der Waals surface area contributed by atoms with Crippen LogP contribution in [0, 0.1) is 22.7 Å². The first-order valence-electron chi connectivity index (χ1n) is 5.75. The second-order valence-electron chi connectivity index (χ2n) is 6.15. The molecule has 1 heterocycles. The van der Waals surface area contributed by atoms with E-state index in [1.807, 2.05) is 20.8 Å². The van der Waals surface area contributed by atoms with E-state index >= 15 is 0 Å². The minimum Gasteiger partial charge on any atom is -0.391 e. The highest BCUT2D eigenvalue weighted by atomic mass is 16.6. The zero-order valence-electron chi connectivity index (χ0n) is 9.74. The maximum atomic E-state index is 11.8. The van der Waals surface area contributed by atoms with Crippen molar-refractivity contribution >= 4 is 11.9 Å². The average molecular weight is 224 g/mol. The Balaban J connectivity index is 2.25. The van der Waals surface area contributed by atoms with Gasteiger partial charge in [-0.05, 0) is 24.2 Å². The van der Waals surface area contributed by atoms with Crippen molar-refractivity contribution in [3.05, 3.63) is 0 Å². The summed E-state index contributed by atoms with van der Waals surface area (Å²) in [5.41, 5.74) is -2.32. The van der Waals surface area contributed by atoms with Crippen molar-refractivity contribution in [2.45, 2.75) is 39.2 Å². The first-order chi connectivity index (χ1) is 7.27. The lowest BCUT2D eigenvalue weighted by molar-refractivity contribution is -0.171. The van der Waals surface area contributed by atoms with Gasteiger partial charge in [0.1, 0.15) is 5.92 Å². The lowest BCUT2D eigenvalue weighted by Crippen LogP contribution is -2.54. The van der Waals surface area contributed by atoms with Crippen LogP contribution in [0.1, 0.15) is 33.6 Å². The standard InChI is InChI=1S/C12H16O4/c1-10(2)6-4-5-11(10,3)12(15)7(6)8(13)16-9(12)14/h6-7,15H,4-5H2,1-3H3. The second-order valence-corrected chi connectivity index (χ2v) is 6.15. The number of aliphatic hydroxyl groups is 1. The molecule has 1 saturated heterocycles. The highest BCUT2D eigenvalue weighted by Gasteiger charge is 2.81. The van der Waals surface area contributed by atoms with E-state index in [-0.39, 0.29) is 11.3 Å². The fourth-order valence-electron chi connectivity index (χ4n) is 4.36. The van der Waals surface area contributed by atoms with Crippen LogP contribution in [-0.2, 0) is 14.3 Å². The molecule has 88 valence electrons. The van der Waals surface area contributed by atoms with E-state index in [2.05, 4.69) is 4.74 Å². The first kappa shape index (κ1) is 10.3. The molecule has 1 aliphatic heterocycles. The minimum absolute atomic E-state index is 0.0569. The van der Waals surface area contributed by atoms with Gasteiger partial charge in [0.15, 0.2) is 5.60 Å². The Hall–Kier alpha value is -0.900. The number of carbonyl (C=O) groups is 2. The van der Waals surface area contributed by atoms with Gasteiger partial charge in [0, 0.05) is 5.41 Å². The molecule has 2 saturated carbocycles. The molecule has 3 rings (SSSR count). The molecular formula is C12H16O4. The number of ether oxygens (including phenoxy) is 1. The molecule has 2 aliphatic carbocycles. The molecule has 0 aromatic rings. The van der Waals surface area contributed by atoms with Crippen LogP contribution in [0.15, 0.2) is 0 Å². The van der Waals surface area contributed by atoms with Crippen molar-refractivity contribution in [2.75, 3.05) is 0 Å². The number of fused-ring (bicyclic) bond motifs is 5. The molecule has 4 unspecified atom stereocenters. The summed E-state index contributed by atoms with van der Waals surface area (Å²) in [4.78, 5) is 23.5. The fourth-order valence-corrected chi connectivity index (χ4v) is 4.36. The zero-order chi connectivity index (χ0) is 11.9. The number of carbonyl (C=O) groups excluding carboxylic acids is 2. The summed E-state index contributed by atoms with van der Waals surface area (Å²) >= 11 is 0. The monoisotopic (exact) mass is 224 g/mol. The van der Waals surface area contributed by atoms with Crippen molar-refractivity contribution < 1.29 is 19.4 Å². The van der Waals surface area contributed by atoms with Gasteiger partial charge in [-0.25, -0.2) is 4.79 Å². The molecule has 0 aromatic carbocycles. The third-order valence-corrected chi connectivity index (χ3v) is 5.76. The topological polar surface area (TPSA) is 63.6 Å². The van der Waals surface area contributed by atoms with Gasteiger partial charge in [0.2, 0.25) is 0 Å². The Morgan fingerprint density at radius 1 is 1.31 bits per heavy atom. The smallest absolute Gasteiger partial charge is 0.347 e. The molecule has 2 bridgehead atoms. The van der Waals surface area contributed by atoms with E-state index in [1.54, 1.807) is 0 Å². The molecule has 1 N–H and O–H groups in total. The van der Waals surface area contributed by atoms with Crippen LogP contribution in [-0.4, -0.2) is 22.6 Å². The zero-order valence-corrected chi connectivity index (χ0v) is 9.74. The number of hydrogen-bond acceptors (Lipinski definition) is 4. The normalized spacial score (nSPS) is 53.0. The van der Waals surface area contributed by atoms with Crippen LogP contribution in [0.3, 0.4) is 0 Å². The summed E-state index contributed by atoms with van der Waals surface area (Å²) in [7, 11) is 0. The van der Waals surface area contributed by atoms with E-state index in [9.17, 15) is 14.7 Å². The Labute approximate surface area is 94.0 Å². The van der Waals surface area contributed by atoms with Crippen molar-refractivity contribution in [3.63, 3.8) is 0 Å². The quantitative estimate of drug-likeness (QED) is 0.490. The van der Waals surface area contributed by atoms with Crippen molar-refractivity contribution in [1.29, 1.82) is 0 Å². The van der Waals surface area contributed by atoms with Gasteiger partial charge < -0.3 is 9.84 Å². The summed E-state index contributed by atoms with van der Waals surface area (Å²) in [6.07, 6.45) is 1.67. The summed E-state index contributed by atoms with van der Waals surface area (Å²) < 4.78 is 4.64. The maximum absolute atomic E-state index is 11.8. The van der Waals surface area contributed by atoms with Crippen LogP contribution < -0.4 is 0 Å². The number of rotatable bonds is 0. The third kappa shape index (κ3) is 0.680. The third-order valence-electron chi connectivity index (χ3n) is 5.76. The van der Waals surface area contributed by atoms with E-state index < -0.39 is 28.9 Å². The number of cyclic esters (lactones) is 2. The molecule has 0 amide bonds. The van der Waals surface area contributed by atoms with Crippen molar-refractivity contribution in [2.24, 2.45) is 22.7 Å². The minimum atomic E-state index is -1.59. The molecule has 3 fully saturated rings. The highest BCUT2D eigenvalue weighted by molar-refractivity contribution is 6.03. The molecule has 0 spiro atoms. The fraction of sp³-hybridized carbons (Fsp3) is 0.833. The van der Waals surface area contributed by atoms with Gasteiger partial charge in [-0.2, -0.15) is 0 Å². The first-order valence-corrected chi connectivity index (χ1v) is 5.75. The van der Waals surface area contributed by atoms with Gasteiger partial charge in [0.05, 0.1) is 0 Å². The Kier molecular flexibility index (Phi) is 1.51. The van der Waals surface area contributed by atoms with Gasteiger partial charge in [-0.1, -0.05) is 20.8 Å². The molecule has 0 radical (unpaired) electrons. The van der Waals surface area contributed by atoms with E-state index in [1.165, 1.54) is 0 Å².